The molecule has 0 aliphatic rings. The summed E-state index contributed by atoms with van der Waals surface area (Å²) in [7, 11) is 0. The van der Waals surface area contributed by atoms with Crippen LogP contribution in [-0.4, -0.2) is 17.1 Å². The minimum absolute atomic E-state index is 0.442. The molecule has 0 saturated carbocycles. The number of rotatable bonds is 2. The molecule has 13 heavy (non-hydrogen) atoms. The van der Waals surface area contributed by atoms with Gasteiger partial charge in [-0.3, -0.25) is 4.79 Å². The Hall–Kier alpha value is -1.06. The fourth-order valence-electron chi connectivity index (χ4n) is 0.813. The fraction of sp³-hybridized carbons (Fsp3) is 0.222. The van der Waals surface area contributed by atoms with Gasteiger partial charge in [0.1, 0.15) is 6.10 Å². The van der Waals surface area contributed by atoms with E-state index in [4.69, 9.17) is 16.7 Å². The van der Waals surface area contributed by atoms with E-state index in [1.807, 2.05) is 0 Å². The third-order valence-electron chi connectivity index (χ3n) is 1.47. The van der Waals surface area contributed by atoms with E-state index in [1.165, 1.54) is 6.92 Å². The number of benzene rings is 1. The molecule has 0 aliphatic heterocycles. The van der Waals surface area contributed by atoms with Gasteiger partial charge in [0.15, 0.2) is 0 Å². The third kappa shape index (κ3) is 3.05. The number of carbonyl (C=O) groups is 1. The van der Waals surface area contributed by atoms with Crippen molar-refractivity contribution in [3.63, 3.8) is 0 Å². The number of carbonyl (C=O) groups excluding carboxylic acids is 1. The van der Waals surface area contributed by atoms with Crippen molar-refractivity contribution in [3.8, 4) is 0 Å². The van der Waals surface area contributed by atoms with Crippen molar-refractivity contribution in [3.05, 3.63) is 29.3 Å². The first-order chi connectivity index (χ1) is 6.09. The van der Waals surface area contributed by atoms with Crippen LogP contribution < -0.4 is 5.32 Å². The second kappa shape index (κ2) is 4.25. The maximum Gasteiger partial charge on any atom is 0.252 e. The lowest BCUT2D eigenvalue weighted by molar-refractivity contribution is -0.123. The largest absolute Gasteiger partial charge is 0.384 e. The van der Waals surface area contributed by atoms with E-state index in [-0.39, 0.29) is 0 Å². The van der Waals surface area contributed by atoms with Crippen LogP contribution in [0, 0.1) is 0 Å². The first kappa shape index (κ1) is 10.0. The van der Waals surface area contributed by atoms with E-state index in [2.05, 4.69) is 5.32 Å². The summed E-state index contributed by atoms with van der Waals surface area (Å²) in [5.74, 6) is -0.442. The lowest BCUT2D eigenvalue weighted by Gasteiger charge is -2.06. The van der Waals surface area contributed by atoms with Gasteiger partial charge in [-0.2, -0.15) is 0 Å². The molecule has 0 heterocycles. The molecule has 0 aliphatic carbocycles. The Labute approximate surface area is 81.3 Å². The Kier molecular flexibility index (Phi) is 3.28. The van der Waals surface area contributed by atoms with Crippen LogP contribution in [0.1, 0.15) is 6.92 Å². The molecule has 70 valence electrons. The van der Waals surface area contributed by atoms with Crippen LogP contribution in [0.15, 0.2) is 24.3 Å². The van der Waals surface area contributed by atoms with Crippen LogP contribution in [0.2, 0.25) is 5.02 Å². The first-order valence-electron chi connectivity index (χ1n) is 3.84. The number of aliphatic hydroxyl groups excluding tert-OH is 1. The zero-order valence-corrected chi connectivity index (χ0v) is 7.88. The third-order valence-corrected chi connectivity index (χ3v) is 1.71. The van der Waals surface area contributed by atoms with Crippen molar-refractivity contribution in [1.82, 2.24) is 0 Å². The number of hydrogen-bond donors (Lipinski definition) is 2. The molecule has 0 spiro atoms. The monoisotopic (exact) mass is 199 g/mol. The van der Waals surface area contributed by atoms with Gasteiger partial charge in [0.2, 0.25) is 0 Å². The summed E-state index contributed by atoms with van der Waals surface area (Å²) in [5, 5.41) is 12.0. The topological polar surface area (TPSA) is 49.3 Å². The molecular formula is C9H10ClNO2. The normalized spacial score (nSPS) is 12.2. The number of hydrogen-bond acceptors (Lipinski definition) is 2. The molecule has 4 heteroatoms. The van der Waals surface area contributed by atoms with Crippen LogP contribution in [0.25, 0.3) is 0 Å². The summed E-state index contributed by atoms with van der Waals surface area (Å²) in [6, 6.07) is 6.74. The second-order valence-corrected chi connectivity index (χ2v) is 3.11. The molecule has 0 aromatic heterocycles. The van der Waals surface area contributed by atoms with Gasteiger partial charge in [-0.15, -0.1) is 0 Å². The van der Waals surface area contributed by atoms with Gasteiger partial charge < -0.3 is 10.4 Å². The quantitative estimate of drug-likeness (QED) is 0.761. The minimum Gasteiger partial charge on any atom is -0.384 e. The molecule has 0 saturated heterocycles. The van der Waals surface area contributed by atoms with Crippen molar-refractivity contribution >= 4 is 23.2 Å². The number of halogens is 1. The van der Waals surface area contributed by atoms with E-state index >= 15 is 0 Å². The maximum absolute atomic E-state index is 11.0. The Morgan fingerprint density at radius 2 is 2.31 bits per heavy atom. The minimum atomic E-state index is -1.01. The van der Waals surface area contributed by atoms with E-state index in [9.17, 15) is 4.79 Å². The highest BCUT2D eigenvalue weighted by molar-refractivity contribution is 6.30. The van der Waals surface area contributed by atoms with E-state index in [1.54, 1.807) is 24.3 Å². The van der Waals surface area contributed by atoms with Crippen molar-refractivity contribution in [2.45, 2.75) is 13.0 Å². The molecule has 1 atom stereocenters. The number of anilines is 1. The first-order valence-corrected chi connectivity index (χ1v) is 4.22. The highest BCUT2D eigenvalue weighted by atomic mass is 35.5. The summed E-state index contributed by atoms with van der Waals surface area (Å²) in [6.45, 7) is 1.40. The second-order valence-electron chi connectivity index (χ2n) is 2.68. The van der Waals surface area contributed by atoms with Crippen molar-refractivity contribution < 1.29 is 9.90 Å². The molecule has 1 amide bonds. The van der Waals surface area contributed by atoms with Crippen LogP contribution in [0.5, 0.6) is 0 Å². The lowest BCUT2D eigenvalue weighted by Crippen LogP contribution is -2.24. The highest BCUT2D eigenvalue weighted by Gasteiger charge is 2.08. The standard InChI is InChI=1S/C9H10ClNO2/c1-6(12)9(13)11-8-4-2-3-7(10)5-8/h2-6,12H,1H3,(H,11,13)/t6-/m1/s1. The van der Waals surface area contributed by atoms with E-state index in [0.29, 0.717) is 10.7 Å². The Morgan fingerprint density at radius 3 is 2.85 bits per heavy atom. The van der Waals surface area contributed by atoms with Gasteiger partial charge in [0.25, 0.3) is 5.91 Å². The van der Waals surface area contributed by atoms with Gasteiger partial charge in [-0.1, -0.05) is 17.7 Å². The van der Waals surface area contributed by atoms with Crippen LogP contribution in [0.4, 0.5) is 5.69 Å². The van der Waals surface area contributed by atoms with Gasteiger partial charge in [0.05, 0.1) is 0 Å². The van der Waals surface area contributed by atoms with Crippen LogP contribution in [-0.2, 0) is 4.79 Å². The zero-order chi connectivity index (χ0) is 9.84. The predicted octanol–water partition coefficient (Wildman–Crippen LogP) is 1.66. The lowest BCUT2D eigenvalue weighted by atomic mass is 10.3. The molecule has 3 nitrogen and oxygen atoms in total. The average Bonchev–Trinajstić information content (AvgIpc) is 2.04. The summed E-state index contributed by atoms with van der Waals surface area (Å²) in [5.41, 5.74) is 0.582. The van der Waals surface area contributed by atoms with Crippen molar-refractivity contribution in [2.24, 2.45) is 0 Å². The van der Waals surface area contributed by atoms with Crippen molar-refractivity contribution in [2.75, 3.05) is 5.32 Å². The number of nitrogens with one attached hydrogen (secondary N) is 1. The Morgan fingerprint density at radius 1 is 1.62 bits per heavy atom. The average molecular weight is 200 g/mol. The molecule has 1 aromatic carbocycles. The molecule has 0 bridgehead atoms. The van der Waals surface area contributed by atoms with Gasteiger partial charge in [-0.25, -0.2) is 0 Å². The predicted molar refractivity (Wildman–Crippen MR) is 51.8 cm³/mol. The number of aliphatic hydroxyl groups is 1. The molecule has 1 rings (SSSR count). The molecule has 0 unspecified atom stereocenters. The molecule has 0 radical (unpaired) electrons. The van der Waals surface area contributed by atoms with Crippen LogP contribution >= 0.6 is 11.6 Å². The van der Waals surface area contributed by atoms with Crippen LogP contribution in [0.3, 0.4) is 0 Å². The fourth-order valence-corrected chi connectivity index (χ4v) is 1.00. The highest BCUT2D eigenvalue weighted by Crippen LogP contribution is 2.14. The summed E-state index contributed by atoms with van der Waals surface area (Å²) < 4.78 is 0. The molecule has 2 N–H and O–H groups in total. The van der Waals surface area contributed by atoms with Gasteiger partial charge in [-0.05, 0) is 25.1 Å². The Bertz CT molecular complexity index is 312. The number of amides is 1. The molecular weight excluding hydrogens is 190 g/mol. The maximum atomic E-state index is 11.0. The molecule has 1 aromatic rings. The SMILES string of the molecule is C[C@@H](O)C(=O)Nc1cccc(Cl)c1. The van der Waals surface area contributed by atoms with E-state index < -0.39 is 12.0 Å². The summed E-state index contributed by atoms with van der Waals surface area (Å²) in [6.07, 6.45) is -1.01. The van der Waals surface area contributed by atoms with E-state index in [0.717, 1.165) is 0 Å². The zero-order valence-electron chi connectivity index (χ0n) is 7.12. The summed E-state index contributed by atoms with van der Waals surface area (Å²) in [4.78, 5) is 11.0. The Balaban J connectivity index is 2.69. The summed E-state index contributed by atoms with van der Waals surface area (Å²) >= 11 is 5.69. The smallest absolute Gasteiger partial charge is 0.252 e. The van der Waals surface area contributed by atoms with Crippen molar-refractivity contribution in [1.29, 1.82) is 0 Å². The van der Waals surface area contributed by atoms with Gasteiger partial charge in [0, 0.05) is 10.7 Å². The molecule has 0 fully saturated rings. The van der Waals surface area contributed by atoms with Gasteiger partial charge >= 0.3 is 0 Å².